The van der Waals surface area contributed by atoms with Gasteiger partial charge in [0.1, 0.15) is 0 Å². The number of nitrogens with one attached hydrogen (secondary N) is 1. The van der Waals surface area contributed by atoms with Gasteiger partial charge in [0.2, 0.25) is 0 Å². The number of hydrogen-bond acceptors (Lipinski definition) is 3. The van der Waals surface area contributed by atoms with Crippen molar-refractivity contribution in [2.75, 3.05) is 5.32 Å². The zero-order chi connectivity index (χ0) is 14.7. The third kappa shape index (κ3) is 2.97. The lowest BCUT2D eigenvalue weighted by Gasteiger charge is -2.08. The van der Waals surface area contributed by atoms with Gasteiger partial charge in [-0.25, -0.2) is 4.68 Å². The molecule has 0 bridgehead atoms. The predicted molar refractivity (Wildman–Crippen MR) is 83.5 cm³/mol. The Balaban J connectivity index is 1.73. The maximum Gasteiger partial charge on any atom is 0.0729 e. The Bertz CT molecular complexity index is 696. The summed E-state index contributed by atoms with van der Waals surface area (Å²) >= 11 is 0. The highest BCUT2D eigenvalue weighted by molar-refractivity contribution is 5.40. The normalized spacial score (nSPS) is 11.0. The summed E-state index contributed by atoms with van der Waals surface area (Å²) in [6, 6.07) is 12.5. The average Bonchev–Trinajstić information content (AvgIpc) is 3.15. The van der Waals surface area contributed by atoms with Crippen molar-refractivity contribution in [2.24, 2.45) is 0 Å². The molecule has 0 fully saturated rings. The lowest BCUT2D eigenvalue weighted by atomic mass is 10.3. The average molecular weight is 281 g/mol. The zero-order valence-corrected chi connectivity index (χ0v) is 12.3. The molecule has 2 heterocycles. The van der Waals surface area contributed by atoms with Crippen LogP contribution in [-0.4, -0.2) is 19.6 Å². The van der Waals surface area contributed by atoms with Crippen molar-refractivity contribution in [1.82, 2.24) is 19.6 Å². The summed E-state index contributed by atoms with van der Waals surface area (Å²) in [5.74, 6) is 0. The van der Waals surface area contributed by atoms with E-state index in [-0.39, 0.29) is 0 Å². The Labute approximate surface area is 124 Å². The summed E-state index contributed by atoms with van der Waals surface area (Å²) in [5.41, 5.74) is 3.19. The number of rotatable bonds is 5. The number of para-hydroxylation sites is 1. The van der Waals surface area contributed by atoms with E-state index >= 15 is 0 Å². The highest BCUT2D eigenvalue weighted by atomic mass is 15.3. The van der Waals surface area contributed by atoms with E-state index in [2.05, 4.69) is 29.4 Å². The second-order valence-electron chi connectivity index (χ2n) is 5.23. The van der Waals surface area contributed by atoms with E-state index < -0.39 is 0 Å². The molecule has 0 saturated heterocycles. The molecule has 0 atom stereocenters. The van der Waals surface area contributed by atoms with E-state index in [9.17, 15) is 0 Å². The second kappa shape index (κ2) is 5.83. The van der Waals surface area contributed by atoms with Crippen LogP contribution in [-0.2, 0) is 6.54 Å². The Hall–Kier alpha value is -2.56. The first-order valence-electron chi connectivity index (χ1n) is 7.10. The number of aromatic nitrogens is 4. The Morgan fingerprint density at radius 3 is 2.62 bits per heavy atom. The van der Waals surface area contributed by atoms with E-state index in [1.54, 1.807) is 0 Å². The van der Waals surface area contributed by atoms with Gasteiger partial charge in [0.05, 0.1) is 29.8 Å². The first-order chi connectivity index (χ1) is 10.2. The molecule has 0 aliphatic carbocycles. The smallest absolute Gasteiger partial charge is 0.0729 e. The molecule has 108 valence electrons. The van der Waals surface area contributed by atoms with Gasteiger partial charge in [-0.15, -0.1) is 0 Å². The van der Waals surface area contributed by atoms with Gasteiger partial charge in [0, 0.05) is 18.4 Å². The molecule has 0 aliphatic heterocycles. The number of hydrogen-bond donors (Lipinski definition) is 1. The molecule has 0 aliphatic rings. The van der Waals surface area contributed by atoms with E-state index in [1.165, 1.54) is 0 Å². The summed E-state index contributed by atoms with van der Waals surface area (Å²) in [6.07, 6.45) is 5.69. The van der Waals surface area contributed by atoms with Crippen LogP contribution in [0.5, 0.6) is 0 Å². The Kier molecular flexibility index (Phi) is 3.73. The lowest BCUT2D eigenvalue weighted by Crippen LogP contribution is -2.07. The first kappa shape index (κ1) is 13.4. The van der Waals surface area contributed by atoms with Crippen molar-refractivity contribution in [2.45, 2.75) is 26.4 Å². The molecule has 21 heavy (non-hydrogen) atoms. The molecule has 0 amide bonds. The van der Waals surface area contributed by atoms with E-state index in [0.29, 0.717) is 12.6 Å². The fraction of sp³-hybridized carbons (Fsp3) is 0.250. The van der Waals surface area contributed by atoms with Crippen LogP contribution >= 0.6 is 0 Å². The van der Waals surface area contributed by atoms with Crippen molar-refractivity contribution in [1.29, 1.82) is 0 Å². The summed E-state index contributed by atoms with van der Waals surface area (Å²) in [4.78, 5) is 0. The van der Waals surface area contributed by atoms with Crippen LogP contribution in [0, 0.1) is 0 Å². The minimum atomic E-state index is 0.371. The van der Waals surface area contributed by atoms with Crippen LogP contribution < -0.4 is 5.32 Å². The molecule has 0 saturated carbocycles. The Morgan fingerprint density at radius 1 is 1.10 bits per heavy atom. The Morgan fingerprint density at radius 2 is 1.90 bits per heavy atom. The van der Waals surface area contributed by atoms with Crippen LogP contribution in [0.3, 0.4) is 0 Å². The van der Waals surface area contributed by atoms with Crippen LogP contribution in [0.1, 0.15) is 25.6 Å². The lowest BCUT2D eigenvalue weighted by molar-refractivity contribution is 0.532. The molecule has 5 nitrogen and oxygen atoms in total. The summed E-state index contributed by atoms with van der Waals surface area (Å²) < 4.78 is 3.89. The molecule has 0 spiro atoms. The molecule has 1 N–H and O–H groups in total. The van der Waals surface area contributed by atoms with Gasteiger partial charge < -0.3 is 5.32 Å². The first-order valence-corrected chi connectivity index (χ1v) is 7.10. The molecule has 3 rings (SSSR count). The van der Waals surface area contributed by atoms with Gasteiger partial charge in [-0.05, 0) is 32.0 Å². The predicted octanol–water partition coefficient (Wildman–Crippen LogP) is 3.26. The van der Waals surface area contributed by atoms with E-state index in [4.69, 9.17) is 0 Å². The van der Waals surface area contributed by atoms with Gasteiger partial charge in [-0.3, -0.25) is 4.68 Å². The van der Waals surface area contributed by atoms with Crippen LogP contribution in [0.4, 0.5) is 5.69 Å². The SMILES string of the molecule is CC(C)n1cc(NCc2ccnn2-c2ccccc2)cn1. The van der Waals surface area contributed by atoms with Crippen molar-refractivity contribution in [3.8, 4) is 5.69 Å². The van der Waals surface area contributed by atoms with Crippen LogP contribution in [0.15, 0.2) is 55.0 Å². The monoisotopic (exact) mass is 281 g/mol. The molecule has 5 heteroatoms. The van der Waals surface area contributed by atoms with Gasteiger partial charge in [-0.2, -0.15) is 10.2 Å². The second-order valence-corrected chi connectivity index (χ2v) is 5.23. The fourth-order valence-electron chi connectivity index (χ4n) is 2.17. The van der Waals surface area contributed by atoms with Crippen molar-refractivity contribution in [3.63, 3.8) is 0 Å². The van der Waals surface area contributed by atoms with Gasteiger partial charge in [0.25, 0.3) is 0 Å². The maximum absolute atomic E-state index is 4.39. The highest BCUT2D eigenvalue weighted by Gasteiger charge is 2.06. The zero-order valence-electron chi connectivity index (χ0n) is 12.3. The summed E-state index contributed by atoms with van der Waals surface area (Å²) in [7, 11) is 0. The number of anilines is 1. The summed E-state index contributed by atoms with van der Waals surface area (Å²) in [5, 5.41) is 12.1. The van der Waals surface area contributed by atoms with Crippen molar-refractivity contribution >= 4 is 5.69 Å². The fourth-order valence-corrected chi connectivity index (χ4v) is 2.17. The van der Waals surface area contributed by atoms with Gasteiger partial charge in [-0.1, -0.05) is 18.2 Å². The third-order valence-corrected chi connectivity index (χ3v) is 3.33. The third-order valence-electron chi connectivity index (χ3n) is 3.33. The van der Waals surface area contributed by atoms with Crippen molar-refractivity contribution < 1.29 is 0 Å². The standard InChI is InChI=1S/C16H19N5/c1-13(2)20-12-14(10-19-20)17-11-16-8-9-18-21(16)15-6-4-3-5-7-15/h3-10,12-13,17H,11H2,1-2H3. The topological polar surface area (TPSA) is 47.7 Å². The molecule has 0 radical (unpaired) electrons. The quantitative estimate of drug-likeness (QED) is 0.781. The molecule has 2 aromatic heterocycles. The van der Waals surface area contributed by atoms with Gasteiger partial charge in [0.15, 0.2) is 0 Å². The molecule has 0 unspecified atom stereocenters. The largest absolute Gasteiger partial charge is 0.377 e. The number of nitrogens with zero attached hydrogens (tertiary/aromatic N) is 4. The highest BCUT2D eigenvalue weighted by Crippen LogP contribution is 2.14. The molecular formula is C16H19N5. The van der Waals surface area contributed by atoms with E-state index in [1.807, 2.05) is 64.4 Å². The number of benzene rings is 1. The molecular weight excluding hydrogens is 262 g/mol. The minimum absolute atomic E-state index is 0.371. The molecule has 1 aromatic carbocycles. The van der Waals surface area contributed by atoms with Crippen molar-refractivity contribution in [3.05, 3.63) is 60.7 Å². The summed E-state index contributed by atoms with van der Waals surface area (Å²) in [6.45, 7) is 4.93. The van der Waals surface area contributed by atoms with E-state index in [0.717, 1.165) is 17.1 Å². The molecule has 3 aromatic rings. The van der Waals surface area contributed by atoms with Gasteiger partial charge >= 0.3 is 0 Å². The van der Waals surface area contributed by atoms with Crippen LogP contribution in [0.25, 0.3) is 5.69 Å². The van der Waals surface area contributed by atoms with Crippen LogP contribution in [0.2, 0.25) is 0 Å². The minimum Gasteiger partial charge on any atom is -0.377 e. The maximum atomic E-state index is 4.39.